The molecule has 0 spiro atoms. The van der Waals surface area contributed by atoms with Crippen LogP contribution in [0, 0.1) is 0 Å². The monoisotopic (exact) mass is 222 g/mol. The average Bonchev–Trinajstić information content (AvgIpc) is 1.14. The van der Waals surface area contributed by atoms with Crippen molar-refractivity contribution in [3.8, 4) is 0 Å². The van der Waals surface area contributed by atoms with Gasteiger partial charge in [0.2, 0.25) is 0 Å². The maximum Gasteiger partial charge on any atom is 2.00 e. The van der Waals surface area contributed by atoms with E-state index in [1.54, 1.807) is 0 Å². The second-order valence-electron chi connectivity index (χ2n) is 0.924. The van der Waals surface area contributed by atoms with E-state index in [1.165, 1.54) is 0 Å². The molecule has 0 saturated heterocycles. The molecule has 0 aliphatic rings. The van der Waals surface area contributed by atoms with E-state index in [1.807, 2.05) is 0 Å². The van der Waals surface area contributed by atoms with Crippen molar-refractivity contribution < 1.29 is 37.9 Å². The van der Waals surface area contributed by atoms with Crippen LogP contribution in [0.15, 0.2) is 0 Å². The molecular weight excluding hydrogens is 216 g/mol. The standard InChI is InChI=1S/Mg.H2O7S2.H2O.2H/c;1-8(2,3)7-9(4,5)6;;;/h;(H,1,2,3)(H,4,5,6);1H2;;/q+2;;;2*-1. The third kappa shape index (κ3) is 18.0. The molecular formula is H6MgO8S2. The summed E-state index contributed by atoms with van der Waals surface area (Å²) >= 11 is 0. The third-order valence-corrected chi connectivity index (χ3v) is 1.55. The van der Waals surface area contributed by atoms with Crippen molar-refractivity contribution in [3.63, 3.8) is 0 Å². The normalized spacial score (nSPS) is 11.1. The minimum atomic E-state index is -5.12. The Bertz CT molecular complexity index is 245. The molecule has 0 amide bonds. The van der Waals surface area contributed by atoms with E-state index in [0.717, 1.165) is 0 Å². The van der Waals surface area contributed by atoms with Crippen LogP contribution in [0.2, 0.25) is 0 Å². The maximum atomic E-state index is 9.44. The molecule has 0 aliphatic carbocycles. The molecule has 0 rings (SSSR count). The van der Waals surface area contributed by atoms with Crippen LogP contribution in [0.25, 0.3) is 0 Å². The van der Waals surface area contributed by atoms with E-state index in [9.17, 15) is 16.8 Å². The fourth-order valence-corrected chi connectivity index (χ4v) is 0.978. The predicted molar refractivity (Wildman–Crippen MR) is 35.8 cm³/mol. The smallest absolute Gasteiger partial charge is 1.00 e. The predicted octanol–water partition coefficient (Wildman–Crippen LogP) is -2.37. The van der Waals surface area contributed by atoms with E-state index >= 15 is 0 Å². The molecule has 0 fully saturated rings. The van der Waals surface area contributed by atoms with E-state index in [4.69, 9.17) is 9.11 Å². The molecule has 0 aromatic heterocycles. The van der Waals surface area contributed by atoms with Crippen LogP contribution in [0.1, 0.15) is 2.85 Å². The van der Waals surface area contributed by atoms with Crippen LogP contribution in [0.4, 0.5) is 0 Å². The first-order valence-corrected chi connectivity index (χ1v) is 4.10. The number of hydrogen-bond acceptors (Lipinski definition) is 5. The van der Waals surface area contributed by atoms with Gasteiger partial charge in [0.15, 0.2) is 0 Å². The second kappa shape index (κ2) is 5.20. The summed E-state index contributed by atoms with van der Waals surface area (Å²) < 4.78 is 55.6. The van der Waals surface area contributed by atoms with Gasteiger partial charge in [0.1, 0.15) is 0 Å². The molecule has 0 bridgehead atoms. The van der Waals surface area contributed by atoms with Gasteiger partial charge in [0, 0.05) is 0 Å². The van der Waals surface area contributed by atoms with Gasteiger partial charge >= 0.3 is 43.9 Å². The summed E-state index contributed by atoms with van der Waals surface area (Å²) in [7, 11) is -10.2. The van der Waals surface area contributed by atoms with Crippen molar-refractivity contribution in [2.75, 3.05) is 0 Å². The van der Waals surface area contributed by atoms with E-state index in [-0.39, 0.29) is 31.4 Å². The van der Waals surface area contributed by atoms with Crippen LogP contribution >= 0.6 is 0 Å². The van der Waals surface area contributed by atoms with Crippen molar-refractivity contribution in [1.29, 1.82) is 0 Å². The van der Waals surface area contributed by atoms with Crippen LogP contribution in [0.3, 0.4) is 0 Å². The first kappa shape index (κ1) is 17.6. The van der Waals surface area contributed by atoms with Gasteiger partial charge < -0.3 is 8.33 Å². The van der Waals surface area contributed by atoms with Crippen molar-refractivity contribution >= 4 is 43.9 Å². The van der Waals surface area contributed by atoms with Gasteiger partial charge in [-0.05, 0) is 0 Å². The Balaban J connectivity index is -0.0000000533. The van der Waals surface area contributed by atoms with E-state index in [0.29, 0.717) is 0 Å². The van der Waals surface area contributed by atoms with Gasteiger partial charge in [-0.1, -0.05) is 0 Å². The SMILES string of the molecule is O.O=S(=O)(O)OS(=O)(=O)O.[H-].[H-].[Mg+2]. The summed E-state index contributed by atoms with van der Waals surface area (Å²) in [6, 6.07) is 0. The summed E-state index contributed by atoms with van der Waals surface area (Å²) in [5, 5.41) is 0. The molecule has 68 valence electrons. The van der Waals surface area contributed by atoms with Gasteiger partial charge in [-0.3, -0.25) is 9.11 Å². The third-order valence-electron chi connectivity index (χ3n) is 0.172. The fourth-order valence-electron chi connectivity index (χ4n) is 0.109. The van der Waals surface area contributed by atoms with Crippen molar-refractivity contribution in [2.45, 2.75) is 0 Å². The quantitative estimate of drug-likeness (QED) is 0.391. The minimum absolute atomic E-state index is 0. The Hall–Kier alpha value is 0.506. The molecule has 0 radical (unpaired) electrons. The average molecular weight is 222 g/mol. The molecule has 11 heteroatoms. The molecule has 0 atom stereocenters. The molecule has 0 unspecified atom stereocenters. The zero-order valence-corrected chi connectivity index (χ0v) is 8.01. The Kier molecular flexibility index (Phi) is 8.31. The molecule has 0 aromatic rings. The van der Waals surface area contributed by atoms with E-state index in [2.05, 4.69) is 3.63 Å². The summed E-state index contributed by atoms with van der Waals surface area (Å²) in [5.41, 5.74) is 0. The maximum absolute atomic E-state index is 9.44. The molecule has 4 N–H and O–H groups in total. The minimum Gasteiger partial charge on any atom is -1.00 e. The number of hydrogen-bond donors (Lipinski definition) is 2. The van der Waals surface area contributed by atoms with Gasteiger partial charge in [-0.15, -0.1) is 3.63 Å². The van der Waals surface area contributed by atoms with Crippen LogP contribution in [0.5, 0.6) is 0 Å². The summed E-state index contributed by atoms with van der Waals surface area (Å²) in [5.74, 6) is 0. The largest absolute Gasteiger partial charge is 2.00 e. The molecule has 11 heavy (non-hydrogen) atoms. The summed E-state index contributed by atoms with van der Waals surface area (Å²) in [4.78, 5) is 0. The van der Waals surface area contributed by atoms with Gasteiger partial charge in [0.05, 0.1) is 0 Å². The van der Waals surface area contributed by atoms with Crippen molar-refractivity contribution in [2.24, 2.45) is 0 Å². The Morgan fingerprint density at radius 2 is 1.18 bits per heavy atom. The van der Waals surface area contributed by atoms with Crippen LogP contribution < -0.4 is 0 Å². The first-order valence-electron chi connectivity index (χ1n) is 1.37. The summed E-state index contributed by atoms with van der Waals surface area (Å²) in [6.45, 7) is 0. The Morgan fingerprint density at radius 3 is 1.18 bits per heavy atom. The summed E-state index contributed by atoms with van der Waals surface area (Å²) in [6.07, 6.45) is 0. The molecule has 8 nitrogen and oxygen atoms in total. The Morgan fingerprint density at radius 1 is 1.00 bits per heavy atom. The molecule has 0 heterocycles. The van der Waals surface area contributed by atoms with Crippen LogP contribution in [-0.2, 0) is 24.4 Å². The van der Waals surface area contributed by atoms with Crippen LogP contribution in [-0.4, -0.2) is 54.5 Å². The molecule has 0 aromatic carbocycles. The second-order valence-corrected chi connectivity index (χ2v) is 3.18. The zero-order valence-electron chi connectivity index (χ0n) is 6.96. The van der Waals surface area contributed by atoms with E-state index < -0.39 is 20.8 Å². The fraction of sp³-hybridized carbons (Fsp3) is 0. The molecule has 0 saturated carbocycles. The van der Waals surface area contributed by atoms with Crippen molar-refractivity contribution in [3.05, 3.63) is 0 Å². The zero-order chi connectivity index (χ0) is 7.71. The molecule has 0 aliphatic heterocycles. The number of rotatable bonds is 2. The van der Waals surface area contributed by atoms with Gasteiger partial charge in [-0.2, -0.15) is 16.8 Å². The Labute approximate surface area is 81.9 Å². The van der Waals surface area contributed by atoms with Gasteiger partial charge in [0.25, 0.3) is 0 Å². The van der Waals surface area contributed by atoms with Gasteiger partial charge in [-0.25, -0.2) is 0 Å². The topological polar surface area (TPSA) is 149 Å². The first-order chi connectivity index (χ1) is 3.71. The van der Waals surface area contributed by atoms with Crippen molar-refractivity contribution in [1.82, 2.24) is 0 Å².